The zero-order chi connectivity index (χ0) is 22.4. The van der Waals surface area contributed by atoms with Crippen LogP contribution in [0.15, 0.2) is 73.3 Å². The van der Waals surface area contributed by atoms with Gasteiger partial charge in [0.25, 0.3) is 0 Å². The molecule has 2 saturated heterocycles. The maximum absolute atomic E-state index is 11.2. The predicted molar refractivity (Wildman–Crippen MR) is 126 cm³/mol. The van der Waals surface area contributed by atoms with Crippen molar-refractivity contribution in [3.05, 3.63) is 73.3 Å². The summed E-state index contributed by atoms with van der Waals surface area (Å²) in [5.41, 5.74) is 9.31. The summed E-state index contributed by atoms with van der Waals surface area (Å²) in [6.07, 6.45) is 1.85. The minimum Gasteiger partial charge on any atom is -0.390 e. The van der Waals surface area contributed by atoms with Crippen molar-refractivity contribution in [1.82, 2.24) is 19.5 Å². The molecule has 2 aromatic carbocycles. The van der Waals surface area contributed by atoms with Crippen LogP contribution in [0.25, 0.3) is 11.2 Å². The van der Waals surface area contributed by atoms with E-state index in [1.165, 1.54) is 6.33 Å². The van der Waals surface area contributed by atoms with Crippen LogP contribution in [0.4, 0.5) is 17.2 Å². The number of benzene rings is 2. The number of aliphatic hydroxyl groups is 1. The molecule has 2 aliphatic rings. The highest BCUT2D eigenvalue weighted by Gasteiger charge is 2.47. The SMILES string of the molecule is Nc1ncnc2c1ncn2[C@H]1C[C@H](O)[C@@H](C2N(c3ccccc3)CCN2c2ccccc2)O1. The zero-order valence-corrected chi connectivity index (χ0v) is 18.0. The quantitative estimate of drug-likeness (QED) is 0.495. The van der Waals surface area contributed by atoms with E-state index in [-0.39, 0.29) is 6.17 Å². The van der Waals surface area contributed by atoms with Gasteiger partial charge in [-0.2, -0.15) is 0 Å². The van der Waals surface area contributed by atoms with Crippen LogP contribution < -0.4 is 15.5 Å². The first-order valence-corrected chi connectivity index (χ1v) is 11.1. The largest absolute Gasteiger partial charge is 0.390 e. The van der Waals surface area contributed by atoms with Gasteiger partial charge in [-0.05, 0) is 24.3 Å². The first kappa shape index (κ1) is 20.0. The van der Waals surface area contributed by atoms with Crippen LogP contribution in [0, 0.1) is 0 Å². The molecule has 168 valence electrons. The number of aromatic nitrogens is 4. The molecule has 6 rings (SSSR count). The number of hydrogen-bond acceptors (Lipinski definition) is 8. The average molecular weight is 444 g/mol. The molecule has 0 saturated carbocycles. The second-order valence-corrected chi connectivity index (χ2v) is 8.41. The van der Waals surface area contributed by atoms with Crippen LogP contribution >= 0.6 is 0 Å². The number of nitrogen functional groups attached to an aromatic ring is 1. The molecule has 0 spiro atoms. The molecule has 9 heteroatoms. The topological polar surface area (TPSA) is 106 Å². The number of fused-ring (bicyclic) bond motifs is 1. The molecule has 2 fully saturated rings. The minimum absolute atomic E-state index is 0.163. The molecule has 2 aliphatic heterocycles. The summed E-state index contributed by atoms with van der Waals surface area (Å²) in [6, 6.07) is 20.6. The lowest BCUT2D eigenvalue weighted by molar-refractivity contribution is -0.0282. The standard InChI is InChI=1S/C24H25N7O2/c25-22-20-23(27-14-26-22)31(15-28-20)19-13-18(32)21(33-19)24-29(16-7-3-1-4-8-16)11-12-30(24)17-9-5-2-6-10-17/h1-10,14-15,18-19,21,24,32H,11-13H2,(H2,25,26,27)/t18-,19+,21-/m0/s1. The van der Waals surface area contributed by atoms with Gasteiger partial charge in [-0.25, -0.2) is 15.0 Å². The van der Waals surface area contributed by atoms with Gasteiger partial charge in [-0.3, -0.25) is 4.57 Å². The summed E-state index contributed by atoms with van der Waals surface area (Å²) in [5.74, 6) is 0.329. The number of ether oxygens (including phenoxy) is 1. The summed E-state index contributed by atoms with van der Waals surface area (Å²) in [6.45, 7) is 1.66. The normalized spacial score (nSPS) is 23.6. The van der Waals surface area contributed by atoms with Gasteiger partial charge in [0.2, 0.25) is 0 Å². The number of nitrogens with two attached hydrogens (primary N) is 1. The zero-order valence-electron chi connectivity index (χ0n) is 18.0. The second-order valence-electron chi connectivity index (χ2n) is 8.41. The fourth-order valence-corrected chi connectivity index (χ4v) is 5.00. The van der Waals surface area contributed by atoms with Gasteiger partial charge in [-0.15, -0.1) is 0 Å². The van der Waals surface area contributed by atoms with Crippen LogP contribution in [0.3, 0.4) is 0 Å². The smallest absolute Gasteiger partial charge is 0.167 e. The number of nitrogens with zero attached hydrogens (tertiary/aromatic N) is 6. The first-order chi connectivity index (χ1) is 16.2. The Morgan fingerprint density at radius 2 is 1.52 bits per heavy atom. The van der Waals surface area contributed by atoms with Crippen LogP contribution in [-0.4, -0.2) is 56.1 Å². The van der Waals surface area contributed by atoms with E-state index in [9.17, 15) is 5.11 Å². The molecule has 9 nitrogen and oxygen atoms in total. The van der Waals surface area contributed by atoms with Crippen molar-refractivity contribution in [2.75, 3.05) is 28.6 Å². The predicted octanol–water partition coefficient (Wildman–Crippen LogP) is 2.41. The van der Waals surface area contributed by atoms with Crippen LogP contribution in [0.1, 0.15) is 12.6 Å². The fraction of sp³-hybridized carbons (Fsp3) is 0.292. The number of imidazole rings is 1. The minimum atomic E-state index is -0.660. The van der Waals surface area contributed by atoms with Gasteiger partial charge in [0.1, 0.15) is 30.3 Å². The van der Waals surface area contributed by atoms with Crippen molar-refractivity contribution in [1.29, 1.82) is 0 Å². The van der Waals surface area contributed by atoms with E-state index in [1.54, 1.807) is 6.33 Å². The Hall–Kier alpha value is -3.69. The lowest BCUT2D eigenvalue weighted by Crippen LogP contribution is -2.51. The molecule has 0 unspecified atom stereocenters. The van der Waals surface area contributed by atoms with Crippen molar-refractivity contribution in [2.45, 2.75) is 31.0 Å². The molecule has 2 aromatic heterocycles. The summed E-state index contributed by atoms with van der Waals surface area (Å²) in [5, 5.41) is 11.2. The summed E-state index contributed by atoms with van der Waals surface area (Å²) in [4.78, 5) is 17.4. The van der Waals surface area contributed by atoms with E-state index >= 15 is 0 Å². The molecule has 0 aliphatic carbocycles. The van der Waals surface area contributed by atoms with E-state index in [0.29, 0.717) is 23.4 Å². The molecule has 3 atom stereocenters. The first-order valence-electron chi connectivity index (χ1n) is 11.1. The highest BCUT2D eigenvalue weighted by atomic mass is 16.5. The third kappa shape index (κ3) is 3.37. The molecule has 0 bridgehead atoms. The molecular weight excluding hydrogens is 418 g/mol. The van der Waals surface area contributed by atoms with Crippen molar-refractivity contribution in [3.8, 4) is 0 Å². The number of hydrogen-bond donors (Lipinski definition) is 2. The van der Waals surface area contributed by atoms with E-state index in [1.807, 2.05) is 41.0 Å². The van der Waals surface area contributed by atoms with Crippen molar-refractivity contribution in [3.63, 3.8) is 0 Å². The van der Waals surface area contributed by atoms with Crippen LogP contribution in [0.5, 0.6) is 0 Å². The third-order valence-corrected chi connectivity index (χ3v) is 6.52. The lowest BCUT2D eigenvalue weighted by atomic mass is 10.1. The summed E-state index contributed by atoms with van der Waals surface area (Å²) >= 11 is 0. The maximum atomic E-state index is 11.2. The van der Waals surface area contributed by atoms with Crippen molar-refractivity contribution < 1.29 is 9.84 Å². The molecule has 4 heterocycles. The Kier molecular flexibility index (Phi) is 4.85. The molecule has 0 amide bonds. The number of rotatable bonds is 4. The highest BCUT2D eigenvalue weighted by Crippen LogP contribution is 2.39. The monoisotopic (exact) mass is 443 g/mol. The third-order valence-electron chi connectivity index (χ3n) is 6.52. The van der Waals surface area contributed by atoms with Gasteiger partial charge in [-0.1, -0.05) is 36.4 Å². The van der Waals surface area contributed by atoms with Crippen molar-refractivity contribution >= 4 is 28.4 Å². The van der Waals surface area contributed by atoms with Gasteiger partial charge in [0.05, 0.1) is 12.4 Å². The van der Waals surface area contributed by atoms with Gasteiger partial charge in [0.15, 0.2) is 11.5 Å². The molecular formula is C24H25N7O2. The van der Waals surface area contributed by atoms with Gasteiger partial charge >= 0.3 is 0 Å². The van der Waals surface area contributed by atoms with Crippen LogP contribution in [0.2, 0.25) is 0 Å². The Labute approximate surface area is 191 Å². The Balaban J connectivity index is 1.36. The second kappa shape index (κ2) is 8.02. The van der Waals surface area contributed by atoms with E-state index < -0.39 is 18.4 Å². The lowest BCUT2D eigenvalue weighted by Gasteiger charge is -2.37. The van der Waals surface area contributed by atoms with E-state index in [2.05, 4.69) is 49.0 Å². The molecule has 3 N–H and O–H groups in total. The average Bonchev–Trinajstić information content (AvgIpc) is 3.57. The Morgan fingerprint density at radius 3 is 2.15 bits per heavy atom. The van der Waals surface area contributed by atoms with E-state index in [0.717, 1.165) is 24.5 Å². The fourth-order valence-electron chi connectivity index (χ4n) is 5.00. The Bertz CT molecular complexity index is 1200. The molecule has 33 heavy (non-hydrogen) atoms. The van der Waals surface area contributed by atoms with Crippen molar-refractivity contribution in [2.24, 2.45) is 0 Å². The van der Waals surface area contributed by atoms with Gasteiger partial charge < -0.3 is 25.4 Å². The number of aliphatic hydroxyl groups excluding tert-OH is 1. The van der Waals surface area contributed by atoms with Crippen LogP contribution in [-0.2, 0) is 4.74 Å². The Morgan fingerprint density at radius 1 is 0.879 bits per heavy atom. The molecule has 0 radical (unpaired) electrons. The summed E-state index contributed by atoms with van der Waals surface area (Å²) < 4.78 is 8.38. The maximum Gasteiger partial charge on any atom is 0.167 e. The number of para-hydroxylation sites is 2. The van der Waals surface area contributed by atoms with E-state index in [4.69, 9.17) is 10.5 Å². The van der Waals surface area contributed by atoms with Gasteiger partial charge in [0, 0.05) is 30.9 Å². The highest BCUT2D eigenvalue weighted by molar-refractivity contribution is 5.81. The number of anilines is 3. The molecule has 4 aromatic rings. The summed E-state index contributed by atoms with van der Waals surface area (Å²) in [7, 11) is 0.